The molecule has 2 aliphatic carbocycles. The fourth-order valence-electron chi connectivity index (χ4n) is 2.20. The van der Waals surface area contributed by atoms with Crippen molar-refractivity contribution in [1.29, 1.82) is 0 Å². The smallest absolute Gasteiger partial charge is 0.231 e. The molecule has 0 amide bonds. The van der Waals surface area contributed by atoms with Gasteiger partial charge in [-0.05, 0) is 25.7 Å². The Labute approximate surface area is 82.9 Å². The van der Waals surface area contributed by atoms with Gasteiger partial charge in [0.15, 0.2) is 5.82 Å². The van der Waals surface area contributed by atoms with E-state index < -0.39 is 0 Å². The lowest BCUT2D eigenvalue weighted by Gasteiger charge is -2.08. The molecule has 0 radical (unpaired) electrons. The van der Waals surface area contributed by atoms with Crippen LogP contribution in [-0.4, -0.2) is 16.2 Å². The zero-order valence-corrected chi connectivity index (χ0v) is 8.15. The second kappa shape index (κ2) is 3.05. The maximum atomic E-state index is 5.98. The molecule has 0 spiro atoms. The molecule has 14 heavy (non-hydrogen) atoms. The van der Waals surface area contributed by atoms with Gasteiger partial charge in [0.05, 0.1) is 5.92 Å². The van der Waals surface area contributed by atoms with E-state index in [9.17, 15) is 0 Å². The Balaban J connectivity index is 1.81. The summed E-state index contributed by atoms with van der Waals surface area (Å²) in [4.78, 5) is 4.45. The average Bonchev–Trinajstić information content (AvgIpc) is 2.75. The van der Waals surface area contributed by atoms with Crippen molar-refractivity contribution in [3.63, 3.8) is 0 Å². The standard InChI is InChI=1S/C10H15N3O/c11-8-3-1-2-7(8)10-12-9(13-14-10)6-4-5-6/h6-8H,1-5,11H2/t7-,8-/m1/s1. The van der Waals surface area contributed by atoms with Gasteiger partial charge < -0.3 is 10.3 Å². The lowest BCUT2D eigenvalue weighted by atomic mass is 10.1. The summed E-state index contributed by atoms with van der Waals surface area (Å²) >= 11 is 0. The first-order valence-electron chi connectivity index (χ1n) is 5.43. The third-order valence-electron chi connectivity index (χ3n) is 3.29. The number of rotatable bonds is 2. The van der Waals surface area contributed by atoms with Crippen LogP contribution in [0.2, 0.25) is 0 Å². The Morgan fingerprint density at radius 3 is 2.71 bits per heavy atom. The van der Waals surface area contributed by atoms with Crippen LogP contribution in [0.15, 0.2) is 4.52 Å². The van der Waals surface area contributed by atoms with Crippen molar-refractivity contribution in [3.05, 3.63) is 11.7 Å². The number of nitrogens with two attached hydrogens (primary N) is 1. The predicted molar refractivity (Wildman–Crippen MR) is 50.8 cm³/mol. The molecule has 0 aliphatic heterocycles. The van der Waals surface area contributed by atoms with Gasteiger partial charge in [-0.15, -0.1) is 0 Å². The molecule has 2 fully saturated rings. The summed E-state index contributed by atoms with van der Waals surface area (Å²) in [6.45, 7) is 0. The summed E-state index contributed by atoms with van der Waals surface area (Å²) in [5, 5.41) is 4.02. The quantitative estimate of drug-likeness (QED) is 0.773. The Kier molecular flexibility index (Phi) is 1.83. The summed E-state index contributed by atoms with van der Waals surface area (Å²) in [5.41, 5.74) is 5.98. The Hall–Kier alpha value is -0.900. The van der Waals surface area contributed by atoms with Gasteiger partial charge in [0.1, 0.15) is 0 Å². The van der Waals surface area contributed by atoms with Gasteiger partial charge in [-0.3, -0.25) is 0 Å². The third-order valence-corrected chi connectivity index (χ3v) is 3.29. The molecular formula is C10H15N3O. The monoisotopic (exact) mass is 193 g/mol. The van der Waals surface area contributed by atoms with Crippen molar-refractivity contribution >= 4 is 0 Å². The minimum Gasteiger partial charge on any atom is -0.339 e. The Morgan fingerprint density at radius 1 is 1.21 bits per heavy atom. The maximum Gasteiger partial charge on any atom is 0.231 e. The minimum absolute atomic E-state index is 0.225. The molecule has 2 N–H and O–H groups in total. The number of hydrogen-bond acceptors (Lipinski definition) is 4. The van der Waals surface area contributed by atoms with Crippen LogP contribution in [0.25, 0.3) is 0 Å². The number of nitrogens with zero attached hydrogens (tertiary/aromatic N) is 2. The summed E-state index contributed by atoms with van der Waals surface area (Å²) in [7, 11) is 0. The highest BCUT2D eigenvalue weighted by Crippen LogP contribution is 2.39. The van der Waals surface area contributed by atoms with Crippen LogP contribution in [0.3, 0.4) is 0 Å². The lowest BCUT2D eigenvalue weighted by molar-refractivity contribution is 0.341. The molecule has 2 aliphatic rings. The van der Waals surface area contributed by atoms with E-state index in [1.54, 1.807) is 0 Å². The molecule has 0 unspecified atom stereocenters. The fraction of sp³-hybridized carbons (Fsp3) is 0.800. The summed E-state index contributed by atoms with van der Waals surface area (Å²) < 4.78 is 5.28. The van der Waals surface area contributed by atoms with E-state index in [0.29, 0.717) is 11.8 Å². The van der Waals surface area contributed by atoms with E-state index in [4.69, 9.17) is 10.3 Å². The highest BCUT2D eigenvalue weighted by molar-refractivity contribution is 5.07. The molecule has 2 atom stereocenters. The van der Waals surface area contributed by atoms with Gasteiger partial charge in [0, 0.05) is 12.0 Å². The van der Waals surface area contributed by atoms with Crippen molar-refractivity contribution in [1.82, 2.24) is 10.1 Å². The van der Waals surface area contributed by atoms with Crippen LogP contribution in [-0.2, 0) is 0 Å². The molecule has 3 rings (SSSR count). The molecule has 76 valence electrons. The van der Waals surface area contributed by atoms with Gasteiger partial charge in [0.2, 0.25) is 5.89 Å². The number of aromatic nitrogens is 2. The fourth-order valence-corrected chi connectivity index (χ4v) is 2.20. The van der Waals surface area contributed by atoms with Crippen molar-refractivity contribution in [2.24, 2.45) is 5.73 Å². The molecule has 2 saturated carbocycles. The van der Waals surface area contributed by atoms with Crippen molar-refractivity contribution in [2.45, 2.75) is 50.0 Å². The lowest BCUT2D eigenvalue weighted by Crippen LogP contribution is -2.22. The van der Waals surface area contributed by atoms with Crippen molar-refractivity contribution < 1.29 is 4.52 Å². The van der Waals surface area contributed by atoms with Gasteiger partial charge >= 0.3 is 0 Å². The van der Waals surface area contributed by atoms with E-state index in [0.717, 1.165) is 24.6 Å². The SMILES string of the molecule is N[C@@H]1CCC[C@H]1c1nc(C2CC2)no1. The van der Waals surface area contributed by atoms with E-state index in [-0.39, 0.29) is 6.04 Å². The Morgan fingerprint density at radius 2 is 2.07 bits per heavy atom. The maximum absolute atomic E-state index is 5.98. The van der Waals surface area contributed by atoms with E-state index in [1.807, 2.05) is 0 Å². The first-order valence-corrected chi connectivity index (χ1v) is 5.43. The second-order valence-corrected chi connectivity index (χ2v) is 4.47. The largest absolute Gasteiger partial charge is 0.339 e. The zero-order valence-electron chi connectivity index (χ0n) is 8.15. The molecule has 1 aromatic heterocycles. The summed E-state index contributed by atoms with van der Waals surface area (Å²) in [6, 6.07) is 0.225. The molecule has 1 aromatic rings. The van der Waals surface area contributed by atoms with E-state index in [2.05, 4.69) is 10.1 Å². The molecular weight excluding hydrogens is 178 g/mol. The van der Waals surface area contributed by atoms with E-state index in [1.165, 1.54) is 19.3 Å². The van der Waals surface area contributed by atoms with Crippen LogP contribution in [0.5, 0.6) is 0 Å². The average molecular weight is 193 g/mol. The van der Waals surface area contributed by atoms with E-state index >= 15 is 0 Å². The first-order chi connectivity index (χ1) is 6.84. The highest BCUT2D eigenvalue weighted by atomic mass is 16.5. The van der Waals surface area contributed by atoms with Crippen molar-refractivity contribution in [3.8, 4) is 0 Å². The zero-order chi connectivity index (χ0) is 9.54. The molecule has 4 heteroatoms. The molecule has 0 aromatic carbocycles. The van der Waals surface area contributed by atoms with Crippen LogP contribution < -0.4 is 5.73 Å². The van der Waals surface area contributed by atoms with Gasteiger partial charge in [-0.25, -0.2) is 0 Å². The molecule has 1 heterocycles. The number of hydrogen-bond donors (Lipinski definition) is 1. The third kappa shape index (κ3) is 1.34. The summed E-state index contributed by atoms with van der Waals surface area (Å²) in [5.74, 6) is 2.57. The van der Waals surface area contributed by atoms with Gasteiger partial charge in [-0.2, -0.15) is 4.98 Å². The van der Waals surface area contributed by atoms with Gasteiger partial charge in [-0.1, -0.05) is 11.6 Å². The Bertz CT molecular complexity index is 332. The van der Waals surface area contributed by atoms with Crippen LogP contribution in [0.4, 0.5) is 0 Å². The highest BCUT2D eigenvalue weighted by Gasteiger charge is 2.33. The van der Waals surface area contributed by atoms with Crippen molar-refractivity contribution in [2.75, 3.05) is 0 Å². The summed E-state index contributed by atoms with van der Waals surface area (Å²) in [6.07, 6.45) is 5.82. The van der Waals surface area contributed by atoms with Crippen LogP contribution in [0.1, 0.15) is 55.7 Å². The topological polar surface area (TPSA) is 64.9 Å². The van der Waals surface area contributed by atoms with Crippen LogP contribution in [0, 0.1) is 0 Å². The minimum atomic E-state index is 0.225. The van der Waals surface area contributed by atoms with Crippen LogP contribution >= 0.6 is 0 Å². The normalized spacial score (nSPS) is 32.4. The first kappa shape index (κ1) is 8.41. The molecule has 0 bridgehead atoms. The second-order valence-electron chi connectivity index (χ2n) is 4.47. The molecule has 0 saturated heterocycles. The predicted octanol–water partition coefficient (Wildman–Crippen LogP) is 1.54. The molecule has 4 nitrogen and oxygen atoms in total. The van der Waals surface area contributed by atoms with Gasteiger partial charge in [0.25, 0.3) is 0 Å².